The van der Waals surface area contributed by atoms with Crippen LogP contribution in [0.25, 0.3) is 0 Å². The van der Waals surface area contributed by atoms with Gasteiger partial charge in [-0.25, -0.2) is 0 Å². The Hall–Kier alpha value is -2.73. The van der Waals surface area contributed by atoms with Gasteiger partial charge < -0.3 is 19.5 Å². The van der Waals surface area contributed by atoms with Crippen LogP contribution in [-0.4, -0.2) is 48.3 Å². The maximum Gasteiger partial charge on any atom is 0.138 e. The highest BCUT2D eigenvalue weighted by Gasteiger charge is 2.55. The number of aliphatic hydroxyl groups is 1. The van der Waals surface area contributed by atoms with Crippen molar-refractivity contribution in [2.45, 2.75) is 38.9 Å². The maximum absolute atomic E-state index is 12.3. The van der Waals surface area contributed by atoms with E-state index in [1.54, 1.807) is 12.4 Å². The molecule has 1 aromatic heterocycles. The van der Waals surface area contributed by atoms with E-state index in [2.05, 4.69) is 62.0 Å². The Morgan fingerprint density at radius 3 is 2.35 bits per heavy atom. The predicted octanol–water partition coefficient (Wildman–Crippen LogP) is 4.99. The summed E-state index contributed by atoms with van der Waals surface area (Å²) in [5.74, 6) is 1.07. The first-order valence-electron chi connectivity index (χ1n) is 12.0. The van der Waals surface area contributed by atoms with Crippen molar-refractivity contribution in [3.8, 4) is 5.75 Å². The smallest absolute Gasteiger partial charge is 0.138 e. The average Bonchev–Trinajstić information content (AvgIpc) is 2.83. The summed E-state index contributed by atoms with van der Waals surface area (Å²) >= 11 is 0. The molecule has 2 aromatic carbocycles. The van der Waals surface area contributed by atoms with Gasteiger partial charge in [0, 0.05) is 30.3 Å². The molecule has 0 bridgehead atoms. The van der Waals surface area contributed by atoms with Crippen molar-refractivity contribution in [1.29, 1.82) is 0 Å². The third-order valence-corrected chi connectivity index (χ3v) is 6.85. The number of nitrogens with zero attached hydrogens (tertiary/aromatic N) is 2. The number of likely N-dealkylation sites (tertiary alicyclic amines) is 1. The molecular formula is C29H36N2O3. The van der Waals surface area contributed by atoms with Gasteiger partial charge in [-0.15, -0.1) is 0 Å². The molecule has 4 rings (SSSR count). The summed E-state index contributed by atoms with van der Waals surface area (Å²) in [6.07, 6.45) is 3.46. The van der Waals surface area contributed by atoms with Crippen molar-refractivity contribution in [3.63, 3.8) is 0 Å². The number of hydrogen-bond donors (Lipinski definition) is 1. The molecule has 3 aromatic rings. The molecule has 0 radical (unpaired) electrons. The van der Waals surface area contributed by atoms with Gasteiger partial charge >= 0.3 is 0 Å². The second-order valence-corrected chi connectivity index (χ2v) is 10.0. The number of ether oxygens (including phenoxy) is 2. The van der Waals surface area contributed by atoms with E-state index >= 15 is 0 Å². The van der Waals surface area contributed by atoms with Crippen LogP contribution >= 0.6 is 0 Å². The monoisotopic (exact) mass is 460 g/mol. The molecule has 1 N–H and O–H groups in total. The normalized spacial score (nSPS) is 17.2. The van der Waals surface area contributed by atoms with Crippen LogP contribution in [-0.2, 0) is 16.9 Å². The number of hydrogen-bond acceptors (Lipinski definition) is 5. The van der Waals surface area contributed by atoms with Crippen LogP contribution in [0.3, 0.4) is 0 Å². The summed E-state index contributed by atoms with van der Waals surface area (Å²) in [6.45, 7) is 9.55. The van der Waals surface area contributed by atoms with Gasteiger partial charge in [0.2, 0.25) is 0 Å². The van der Waals surface area contributed by atoms with Crippen LogP contribution in [0.4, 0.5) is 0 Å². The lowest BCUT2D eigenvalue weighted by molar-refractivity contribution is -0.127. The van der Waals surface area contributed by atoms with E-state index in [-0.39, 0.29) is 5.41 Å². The van der Waals surface area contributed by atoms with Gasteiger partial charge in [-0.05, 0) is 35.7 Å². The summed E-state index contributed by atoms with van der Waals surface area (Å²) in [7, 11) is 2.08. The number of rotatable bonds is 10. The third kappa shape index (κ3) is 5.02. The summed E-state index contributed by atoms with van der Waals surface area (Å²) < 4.78 is 11.7. The molecule has 0 aliphatic carbocycles. The van der Waals surface area contributed by atoms with E-state index in [1.807, 2.05) is 36.4 Å². The molecule has 0 unspecified atom stereocenters. The third-order valence-electron chi connectivity index (χ3n) is 6.85. The van der Waals surface area contributed by atoms with Crippen molar-refractivity contribution in [2.75, 3.05) is 33.4 Å². The number of benzene rings is 2. The fourth-order valence-electron chi connectivity index (χ4n) is 5.03. The fourth-order valence-corrected chi connectivity index (χ4v) is 5.03. The molecule has 1 aliphatic rings. The van der Waals surface area contributed by atoms with E-state index in [4.69, 9.17) is 9.47 Å². The van der Waals surface area contributed by atoms with Crippen molar-refractivity contribution in [3.05, 3.63) is 95.3 Å². The molecule has 34 heavy (non-hydrogen) atoms. The lowest BCUT2D eigenvalue weighted by Gasteiger charge is -2.55. The molecule has 0 amide bonds. The van der Waals surface area contributed by atoms with E-state index in [9.17, 15) is 5.11 Å². The molecule has 1 atom stereocenters. The first-order chi connectivity index (χ1) is 16.3. The van der Waals surface area contributed by atoms with Crippen LogP contribution in [0, 0.1) is 5.41 Å². The molecule has 1 saturated heterocycles. The molecule has 1 fully saturated rings. The summed E-state index contributed by atoms with van der Waals surface area (Å²) in [6, 6.07) is 20.4. The summed E-state index contributed by atoms with van der Waals surface area (Å²) in [4.78, 5) is 6.65. The molecule has 5 nitrogen and oxygen atoms in total. The van der Waals surface area contributed by atoms with Gasteiger partial charge in [0.05, 0.1) is 19.4 Å². The molecule has 1 aliphatic heterocycles. The molecule has 2 heterocycles. The van der Waals surface area contributed by atoms with Gasteiger partial charge in [-0.2, -0.15) is 0 Å². The SMILES string of the molecule is CC(C)c1ccc([C@](O)(c2cncc(OCCOCc3ccccc3)c2)C2(C)CN(C)C2)cc1. The van der Waals surface area contributed by atoms with Crippen LogP contribution in [0.2, 0.25) is 0 Å². The number of aromatic nitrogens is 1. The van der Waals surface area contributed by atoms with Crippen molar-refractivity contribution in [2.24, 2.45) is 5.41 Å². The Balaban J connectivity index is 1.50. The Labute approximate surface area is 203 Å². The second kappa shape index (κ2) is 10.3. The standard InChI is InChI=1S/C29H36N2O3/c1-22(2)24-10-12-25(13-11-24)29(32,28(3)20-31(4)21-28)26-16-27(18-30-17-26)34-15-14-33-19-23-8-6-5-7-9-23/h5-13,16-18,22,32H,14-15,19-21H2,1-4H3/t29-/m0/s1. The Morgan fingerprint density at radius 1 is 1.00 bits per heavy atom. The van der Waals surface area contributed by atoms with Crippen LogP contribution in [0.15, 0.2) is 73.1 Å². The first kappa shape index (κ1) is 24.4. The zero-order valence-electron chi connectivity index (χ0n) is 20.7. The molecule has 5 heteroatoms. The van der Waals surface area contributed by atoms with Crippen LogP contribution in [0.1, 0.15) is 48.9 Å². The maximum atomic E-state index is 12.3. The van der Waals surface area contributed by atoms with Crippen molar-refractivity contribution >= 4 is 0 Å². The van der Waals surface area contributed by atoms with E-state index in [0.29, 0.717) is 31.5 Å². The quantitative estimate of drug-likeness (QED) is 0.432. The minimum Gasteiger partial charge on any atom is -0.490 e. The number of pyridine rings is 1. The predicted molar refractivity (Wildman–Crippen MR) is 135 cm³/mol. The fraction of sp³-hybridized carbons (Fsp3) is 0.414. The zero-order chi connectivity index (χ0) is 24.2. The average molecular weight is 461 g/mol. The Bertz CT molecular complexity index is 1060. The molecular weight excluding hydrogens is 424 g/mol. The zero-order valence-corrected chi connectivity index (χ0v) is 20.7. The molecule has 180 valence electrons. The lowest BCUT2D eigenvalue weighted by atomic mass is 9.62. The highest BCUT2D eigenvalue weighted by molar-refractivity contribution is 5.42. The van der Waals surface area contributed by atoms with Crippen LogP contribution in [0.5, 0.6) is 5.75 Å². The minimum absolute atomic E-state index is 0.333. The topological polar surface area (TPSA) is 54.8 Å². The van der Waals surface area contributed by atoms with Gasteiger partial charge in [-0.3, -0.25) is 4.98 Å². The second-order valence-electron chi connectivity index (χ2n) is 10.0. The molecule has 0 saturated carbocycles. The van der Waals surface area contributed by atoms with Crippen molar-refractivity contribution < 1.29 is 14.6 Å². The lowest BCUT2D eigenvalue weighted by Crippen LogP contribution is -2.63. The highest BCUT2D eigenvalue weighted by Crippen LogP contribution is 2.50. The van der Waals surface area contributed by atoms with E-state index < -0.39 is 5.60 Å². The minimum atomic E-state index is -1.18. The highest BCUT2D eigenvalue weighted by atomic mass is 16.5. The van der Waals surface area contributed by atoms with Gasteiger partial charge in [0.25, 0.3) is 0 Å². The van der Waals surface area contributed by atoms with Crippen molar-refractivity contribution in [1.82, 2.24) is 9.88 Å². The summed E-state index contributed by atoms with van der Waals surface area (Å²) in [5.41, 5.74) is 2.53. The Morgan fingerprint density at radius 2 is 1.71 bits per heavy atom. The molecule has 0 spiro atoms. The Kier molecular flexibility index (Phi) is 7.36. The van der Waals surface area contributed by atoms with Gasteiger partial charge in [0.15, 0.2) is 0 Å². The van der Waals surface area contributed by atoms with E-state index in [1.165, 1.54) is 5.56 Å². The largest absolute Gasteiger partial charge is 0.490 e. The van der Waals surface area contributed by atoms with E-state index in [0.717, 1.165) is 29.8 Å². The summed E-state index contributed by atoms with van der Waals surface area (Å²) in [5, 5.41) is 12.3. The van der Waals surface area contributed by atoms with Gasteiger partial charge in [0.1, 0.15) is 18.0 Å². The van der Waals surface area contributed by atoms with Crippen LogP contribution < -0.4 is 4.74 Å². The van der Waals surface area contributed by atoms with Gasteiger partial charge in [-0.1, -0.05) is 75.4 Å². The first-order valence-corrected chi connectivity index (χ1v) is 12.0.